The molecule has 0 aliphatic rings. The van der Waals surface area contributed by atoms with E-state index in [2.05, 4.69) is 49.9 Å². The van der Waals surface area contributed by atoms with E-state index in [1.54, 1.807) is 0 Å². The van der Waals surface area contributed by atoms with Gasteiger partial charge in [-0.25, -0.2) is 0 Å². The Kier molecular flexibility index (Phi) is 3.60. The van der Waals surface area contributed by atoms with E-state index in [-0.39, 0.29) is 0 Å². The first kappa shape index (κ1) is 10.4. The molecular formula is C10H18N2S. The average Bonchev–Trinajstić information content (AvgIpc) is 2.56. The summed E-state index contributed by atoms with van der Waals surface area (Å²) in [5, 5.41) is 2.69. The van der Waals surface area contributed by atoms with E-state index in [0.29, 0.717) is 0 Å². The topological polar surface area (TPSA) is 6.48 Å². The van der Waals surface area contributed by atoms with Crippen molar-refractivity contribution in [1.29, 1.82) is 0 Å². The van der Waals surface area contributed by atoms with E-state index in [1.807, 2.05) is 11.3 Å². The van der Waals surface area contributed by atoms with Crippen LogP contribution < -0.4 is 9.80 Å². The Balaban J connectivity index is 2.78. The molecule has 74 valence electrons. The van der Waals surface area contributed by atoms with Crippen LogP contribution in [0.1, 0.15) is 13.8 Å². The molecule has 13 heavy (non-hydrogen) atoms. The number of hydrogen-bond donors (Lipinski definition) is 0. The molecule has 3 heteroatoms. The minimum Gasteiger partial charge on any atom is -0.370 e. The van der Waals surface area contributed by atoms with Gasteiger partial charge in [-0.3, -0.25) is 0 Å². The highest BCUT2D eigenvalue weighted by Crippen LogP contribution is 2.31. The second-order valence-corrected chi connectivity index (χ2v) is 4.22. The van der Waals surface area contributed by atoms with E-state index < -0.39 is 0 Å². The summed E-state index contributed by atoms with van der Waals surface area (Å²) in [6.07, 6.45) is 0. The van der Waals surface area contributed by atoms with Gasteiger partial charge in [0.1, 0.15) is 0 Å². The second-order valence-electron chi connectivity index (χ2n) is 3.18. The van der Waals surface area contributed by atoms with Crippen molar-refractivity contribution < 1.29 is 0 Å². The molecule has 0 aliphatic heterocycles. The zero-order valence-corrected chi connectivity index (χ0v) is 9.69. The standard InChI is InChI=1S/C10H18N2S/c1-5-12(6-2)10-8-7-9(13-10)11(3)4/h7-8H,5-6H2,1-4H3. The van der Waals surface area contributed by atoms with Crippen molar-refractivity contribution in [3.8, 4) is 0 Å². The lowest BCUT2D eigenvalue weighted by molar-refractivity contribution is 0.876. The predicted molar refractivity (Wildman–Crippen MR) is 62.2 cm³/mol. The summed E-state index contributed by atoms with van der Waals surface area (Å²) in [5.74, 6) is 0. The largest absolute Gasteiger partial charge is 0.370 e. The first-order valence-corrected chi connectivity index (χ1v) is 5.52. The minimum absolute atomic E-state index is 1.09. The maximum Gasteiger partial charge on any atom is 0.0930 e. The van der Waals surface area contributed by atoms with Gasteiger partial charge in [-0.1, -0.05) is 0 Å². The lowest BCUT2D eigenvalue weighted by Gasteiger charge is -2.18. The summed E-state index contributed by atoms with van der Waals surface area (Å²) in [6, 6.07) is 4.38. The molecule has 0 aliphatic carbocycles. The summed E-state index contributed by atoms with van der Waals surface area (Å²) in [4.78, 5) is 4.52. The lowest BCUT2D eigenvalue weighted by atomic mass is 10.5. The molecule has 1 aromatic heterocycles. The minimum atomic E-state index is 1.09. The van der Waals surface area contributed by atoms with Gasteiger partial charge in [0.05, 0.1) is 10.0 Å². The number of thiophene rings is 1. The van der Waals surface area contributed by atoms with E-state index in [1.165, 1.54) is 10.0 Å². The molecule has 0 fully saturated rings. The van der Waals surface area contributed by atoms with Gasteiger partial charge in [0, 0.05) is 27.2 Å². The Morgan fingerprint density at radius 3 is 2.00 bits per heavy atom. The number of anilines is 2. The summed E-state index contributed by atoms with van der Waals surface area (Å²) >= 11 is 1.85. The van der Waals surface area contributed by atoms with Gasteiger partial charge < -0.3 is 9.80 Å². The highest BCUT2D eigenvalue weighted by atomic mass is 32.1. The Labute approximate surface area is 84.8 Å². The van der Waals surface area contributed by atoms with Gasteiger partial charge in [0.2, 0.25) is 0 Å². The van der Waals surface area contributed by atoms with Crippen molar-refractivity contribution in [2.45, 2.75) is 13.8 Å². The first-order valence-electron chi connectivity index (χ1n) is 4.71. The number of nitrogens with zero attached hydrogens (tertiary/aromatic N) is 2. The Hall–Kier alpha value is -0.700. The van der Waals surface area contributed by atoms with Crippen LogP contribution in [0.5, 0.6) is 0 Å². The van der Waals surface area contributed by atoms with Crippen LogP contribution in [0, 0.1) is 0 Å². The zero-order valence-electron chi connectivity index (χ0n) is 8.87. The SMILES string of the molecule is CCN(CC)c1ccc(N(C)C)s1. The fourth-order valence-electron chi connectivity index (χ4n) is 1.26. The molecule has 0 unspecified atom stereocenters. The molecule has 0 bridgehead atoms. The Morgan fingerprint density at radius 1 is 1.08 bits per heavy atom. The maximum atomic E-state index is 2.37. The summed E-state index contributed by atoms with van der Waals surface area (Å²) in [5.41, 5.74) is 0. The lowest BCUT2D eigenvalue weighted by Crippen LogP contribution is -2.20. The Morgan fingerprint density at radius 2 is 1.62 bits per heavy atom. The van der Waals surface area contributed by atoms with Crippen LogP contribution in [-0.2, 0) is 0 Å². The molecule has 0 saturated carbocycles. The van der Waals surface area contributed by atoms with Gasteiger partial charge >= 0.3 is 0 Å². The van der Waals surface area contributed by atoms with Crippen molar-refractivity contribution in [1.82, 2.24) is 0 Å². The smallest absolute Gasteiger partial charge is 0.0930 e. The van der Waals surface area contributed by atoms with Gasteiger partial charge in [0.15, 0.2) is 0 Å². The molecule has 0 radical (unpaired) electrons. The third-order valence-corrected chi connectivity index (χ3v) is 3.41. The predicted octanol–water partition coefficient (Wildman–Crippen LogP) is 2.66. The summed E-state index contributed by atoms with van der Waals surface area (Å²) < 4.78 is 0. The van der Waals surface area contributed by atoms with Crippen LogP contribution in [0.3, 0.4) is 0 Å². The quantitative estimate of drug-likeness (QED) is 0.734. The zero-order chi connectivity index (χ0) is 9.84. The molecule has 1 aromatic rings. The molecule has 2 nitrogen and oxygen atoms in total. The van der Waals surface area contributed by atoms with Gasteiger partial charge in [-0.2, -0.15) is 0 Å². The molecule has 1 heterocycles. The van der Waals surface area contributed by atoms with Crippen molar-refractivity contribution in [3.05, 3.63) is 12.1 Å². The molecule has 0 spiro atoms. The van der Waals surface area contributed by atoms with Crippen LogP contribution in [-0.4, -0.2) is 27.2 Å². The highest BCUT2D eigenvalue weighted by Gasteiger charge is 2.05. The third-order valence-electron chi connectivity index (χ3n) is 2.09. The summed E-state index contributed by atoms with van der Waals surface area (Å²) in [7, 11) is 4.16. The second kappa shape index (κ2) is 4.51. The highest BCUT2D eigenvalue weighted by molar-refractivity contribution is 7.20. The van der Waals surface area contributed by atoms with Crippen LogP contribution >= 0.6 is 11.3 Å². The van der Waals surface area contributed by atoms with Crippen molar-refractivity contribution >= 4 is 21.3 Å². The van der Waals surface area contributed by atoms with Gasteiger partial charge in [-0.15, -0.1) is 11.3 Å². The first-order chi connectivity index (χ1) is 6.19. The number of hydrogen-bond acceptors (Lipinski definition) is 3. The van der Waals surface area contributed by atoms with Crippen molar-refractivity contribution in [2.24, 2.45) is 0 Å². The van der Waals surface area contributed by atoms with Crippen molar-refractivity contribution in [3.63, 3.8) is 0 Å². The average molecular weight is 198 g/mol. The van der Waals surface area contributed by atoms with Gasteiger partial charge in [-0.05, 0) is 26.0 Å². The van der Waals surface area contributed by atoms with E-state index in [0.717, 1.165) is 13.1 Å². The van der Waals surface area contributed by atoms with Crippen LogP contribution in [0.2, 0.25) is 0 Å². The maximum absolute atomic E-state index is 2.37. The monoisotopic (exact) mass is 198 g/mol. The Bertz CT molecular complexity index is 251. The fraction of sp³-hybridized carbons (Fsp3) is 0.600. The van der Waals surface area contributed by atoms with Crippen LogP contribution in [0.25, 0.3) is 0 Å². The van der Waals surface area contributed by atoms with Crippen LogP contribution in [0.4, 0.5) is 10.0 Å². The normalized spacial score (nSPS) is 10.2. The fourth-order valence-corrected chi connectivity index (χ4v) is 2.32. The van der Waals surface area contributed by atoms with Gasteiger partial charge in [0.25, 0.3) is 0 Å². The molecule has 1 rings (SSSR count). The third kappa shape index (κ3) is 2.37. The van der Waals surface area contributed by atoms with Crippen LogP contribution in [0.15, 0.2) is 12.1 Å². The molecule has 0 aromatic carbocycles. The van der Waals surface area contributed by atoms with E-state index >= 15 is 0 Å². The molecule has 0 saturated heterocycles. The van der Waals surface area contributed by atoms with E-state index in [4.69, 9.17) is 0 Å². The van der Waals surface area contributed by atoms with Crippen molar-refractivity contribution in [2.75, 3.05) is 37.0 Å². The molecule has 0 amide bonds. The van der Waals surface area contributed by atoms with E-state index in [9.17, 15) is 0 Å². The molecule has 0 N–H and O–H groups in total. The number of rotatable bonds is 4. The summed E-state index contributed by atoms with van der Waals surface area (Å²) in [6.45, 7) is 6.56. The molecule has 0 atom stereocenters. The molecular weight excluding hydrogens is 180 g/mol.